The van der Waals surface area contributed by atoms with E-state index < -0.39 is 5.72 Å². The van der Waals surface area contributed by atoms with E-state index in [1.165, 1.54) is 57.8 Å². The van der Waals surface area contributed by atoms with Crippen LogP contribution >= 0.6 is 0 Å². The van der Waals surface area contributed by atoms with Gasteiger partial charge in [0.25, 0.3) is 0 Å². The van der Waals surface area contributed by atoms with Gasteiger partial charge in [0, 0.05) is 0 Å². The van der Waals surface area contributed by atoms with Gasteiger partial charge < -0.3 is 10.8 Å². The SMILES string of the molecule is CC1CCCCCC=CCCCCCCCC1(N)O. The first-order valence-electron chi connectivity index (χ1n) is 8.29. The molecule has 1 aliphatic carbocycles. The monoisotopic (exact) mass is 267 g/mol. The summed E-state index contributed by atoms with van der Waals surface area (Å²) in [6, 6.07) is 0. The molecule has 0 bridgehead atoms. The zero-order valence-electron chi connectivity index (χ0n) is 12.7. The molecule has 2 nitrogen and oxygen atoms in total. The van der Waals surface area contributed by atoms with Crippen LogP contribution in [0.25, 0.3) is 0 Å². The quantitative estimate of drug-likeness (QED) is 0.500. The average Bonchev–Trinajstić information content (AvgIpc) is 2.37. The first-order chi connectivity index (χ1) is 9.13. The van der Waals surface area contributed by atoms with Gasteiger partial charge in [-0.15, -0.1) is 0 Å². The van der Waals surface area contributed by atoms with E-state index in [-0.39, 0.29) is 5.92 Å². The Labute approximate surface area is 119 Å². The second-order valence-corrected chi connectivity index (χ2v) is 6.31. The van der Waals surface area contributed by atoms with Gasteiger partial charge >= 0.3 is 0 Å². The molecule has 2 heteroatoms. The van der Waals surface area contributed by atoms with E-state index in [2.05, 4.69) is 19.1 Å². The second kappa shape index (κ2) is 9.55. The molecule has 3 N–H and O–H groups in total. The molecule has 2 unspecified atom stereocenters. The molecule has 1 aliphatic rings. The maximum absolute atomic E-state index is 10.3. The minimum absolute atomic E-state index is 0.218. The van der Waals surface area contributed by atoms with Crippen molar-refractivity contribution in [3.05, 3.63) is 12.2 Å². The zero-order chi connectivity index (χ0) is 14.0. The van der Waals surface area contributed by atoms with Gasteiger partial charge in [0.05, 0.1) is 0 Å². The predicted octanol–water partition coefficient (Wildman–Crippen LogP) is 4.52. The topological polar surface area (TPSA) is 46.2 Å². The van der Waals surface area contributed by atoms with Crippen molar-refractivity contribution in [3.63, 3.8) is 0 Å². The Balaban J connectivity index is 2.37. The van der Waals surface area contributed by atoms with Crippen molar-refractivity contribution in [2.45, 2.75) is 89.7 Å². The van der Waals surface area contributed by atoms with Crippen LogP contribution in [0, 0.1) is 5.92 Å². The minimum atomic E-state index is -0.947. The van der Waals surface area contributed by atoms with Crippen molar-refractivity contribution in [2.75, 3.05) is 0 Å². The van der Waals surface area contributed by atoms with Gasteiger partial charge in [0.1, 0.15) is 5.72 Å². The van der Waals surface area contributed by atoms with Crippen molar-refractivity contribution in [3.8, 4) is 0 Å². The highest BCUT2D eigenvalue weighted by Gasteiger charge is 2.27. The van der Waals surface area contributed by atoms with E-state index >= 15 is 0 Å². The Hall–Kier alpha value is -0.340. The fourth-order valence-electron chi connectivity index (χ4n) is 2.82. The van der Waals surface area contributed by atoms with Gasteiger partial charge in [-0.2, -0.15) is 0 Å². The molecule has 0 saturated carbocycles. The maximum Gasteiger partial charge on any atom is 0.116 e. The van der Waals surface area contributed by atoms with Gasteiger partial charge in [-0.1, -0.05) is 51.2 Å². The molecule has 1 rings (SSSR count). The van der Waals surface area contributed by atoms with Crippen LogP contribution in [0.4, 0.5) is 0 Å². The normalized spacial score (nSPS) is 33.1. The molecule has 0 radical (unpaired) electrons. The molecule has 0 spiro atoms. The molecule has 0 fully saturated rings. The van der Waals surface area contributed by atoms with Gasteiger partial charge in [-0.25, -0.2) is 0 Å². The van der Waals surface area contributed by atoms with E-state index in [0.717, 1.165) is 19.3 Å². The number of allylic oxidation sites excluding steroid dienone is 2. The van der Waals surface area contributed by atoms with Crippen LogP contribution in [0.3, 0.4) is 0 Å². The highest BCUT2D eigenvalue weighted by molar-refractivity contribution is 4.82. The molecule has 0 aromatic heterocycles. The van der Waals surface area contributed by atoms with Gasteiger partial charge in [0.2, 0.25) is 0 Å². The summed E-state index contributed by atoms with van der Waals surface area (Å²) >= 11 is 0. The Morgan fingerprint density at radius 2 is 1.42 bits per heavy atom. The van der Waals surface area contributed by atoms with Crippen LogP contribution in [0.2, 0.25) is 0 Å². The first kappa shape index (κ1) is 16.7. The molecule has 0 aromatic rings. The summed E-state index contributed by atoms with van der Waals surface area (Å²) in [4.78, 5) is 0. The molecule has 19 heavy (non-hydrogen) atoms. The summed E-state index contributed by atoms with van der Waals surface area (Å²) in [5.41, 5.74) is 5.12. The Morgan fingerprint density at radius 1 is 0.895 bits per heavy atom. The average molecular weight is 267 g/mol. The lowest BCUT2D eigenvalue weighted by Gasteiger charge is -2.30. The highest BCUT2D eigenvalue weighted by atomic mass is 16.3. The Bertz CT molecular complexity index is 248. The van der Waals surface area contributed by atoms with Crippen molar-refractivity contribution in [1.29, 1.82) is 0 Å². The third kappa shape index (κ3) is 7.74. The number of aliphatic hydroxyl groups is 1. The van der Waals surface area contributed by atoms with Crippen molar-refractivity contribution in [2.24, 2.45) is 11.7 Å². The molecule has 0 saturated heterocycles. The first-order valence-corrected chi connectivity index (χ1v) is 8.29. The molecule has 0 aliphatic heterocycles. The summed E-state index contributed by atoms with van der Waals surface area (Å²) in [5.74, 6) is 0.218. The predicted molar refractivity (Wildman–Crippen MR) is 82.8 cm³/mol. The second-order valence-electron chi connectivity index (χ2n) is 6.31. The van der Waals surface area contributed by atoms with E-state index in [1.807, 2.05) is 0 Å². The number of rotatable bonds is 0. The molecule has 112 valence electrons. The summed E-state index contributed by atoms with van der Waals surface area (Å²) < 4.78 is 0. The summed E-state index contributed by atoms with van der Waals surface area (Å²) in [5, 5.41) is 10.3. The fraction of sp³-hybridized carbons (Fsp3) is 0.882. The lowest BCUT2D eigenvalue weighted by molar-refractivity contribution is -0.0199. The van der Waals surface area contributed by atoms with Crippen LogP contribution in [0.5, 0.6) is 0 Å². The largest absolute Gasteiger partial charge is 0.376 e. The number of hydrogen-bond acceptors (Lipinski definition) is 2. The van der Waals surface area contributed by atoms with Gasteiger partial charge in [-0.3, -0.25) is 0 Å². The molecule has 2 atom stereocenters. The smallest absolute Gasteiger partial charge is 0.116 e. The van der Waals surface area contributed by atoms with Crippen LogP contribution in [0.1, 0.15) is 84.0 Å². The van der Waals surface area contributed by atoms with Crippen LogP contribution < -0.4 is 5.73 Å². The lowest BCUT2D eigenvalue weighted by atomic mass is 9.88. The van der Waals surface area contributed by atoms with Crippen molar-refractivity contribution < 1.29 is 5.11 Å². The fourth-order valence-corrected chi connectivity index (χ4v) is 2.82. The molecule has 0 heterocycles. The lowest BCUT2D eigenvalue weighted by Crippen LogP contribution is -2.45. The number of nitrogens with two attached hydrogens (primary N) is 1. The van der Waals surface area contributed by atoms with Crippen LogP contribution in [0.15, 0.2) is 12.2 Å². The summed E-state index contributed by atoms with van der Waals surface area (Å²) in [6.45, 7) is 2.10. The number of hydrogen-bond donors (Lipinski definition) is 2. The summed E-state index contributed by atoms with van der Waals surface area (Å²) in [6.07, 6.45) is 18.8. The maximum atomic E-state index is 10.3. The molecule has 0 amide bonds. The standard InChI is InChI=1S/C17H33NO/c1-16-14-12-10-8-6-4-2-3-5-7-9-11-13-15-17(16,18)19/h2,4,16,19H,3,5-15,18H2,1H3. The summed E-state index contributed by atoms with van der Waals surface area (Å²) in [7, 11) is 0. The third-order valence-corrected chi connectivity index (χ3v) is 4.48. The van der Waals surface area contributed by atoms with E-state index in [9.17, 15) is 5.11 Å². The molecule has 0 aromatic carbocycles. The van der Waals surface area contributed by atoms with E-state index in [0.29, 0.717) is 0 Å². The molecular formula is C17H33NO. The van der Waals surface area contributed by atoms with Crippen LogP contribution in [-0.4, -0.2) is 10.8 Å². The highest BCUT2D eigenvalue weighted by Crippen LogP contribution is 2.24. The van der Waals surface area contributed by atoms with Gasteiger partial charge in [0.15, 0.2) is 0 Å². The zero-order valence-corrected chi connectivity index (χ0v) is 12.7. The Kier molecular flexibility index (Phi) is 8.40. The van der Waals surface area contributed by atoms with Crippen LogP contribution in [-0.2, 0) is 0 Å². The van der Waals surface area contributed by atoms with Gasteiger partial charge in [-0.05, 0) is 50.9 Å². The third-order valence-electron chi connectivity index (χ3n) is 4.48. The van der Waals surface area contributed by atoms with Crippen molar-refractivity contribution >= 4 is 0 Å². The van der Waals surface area contributed by atoms with E-state index in [4.69, 9.17) is 5.73 Å². The molecular weight excluding hydrogens is 234 g/mol. The minimum Gasteiger partial charge on any atom is -0.376 e. The Morgan fingerprint density at radius 3 is 2.11 bits per heavy atom. The van der Waals surface area contributed by atoms with Crippen molar-refractivity contribution in [1.82, 2.24) is 0 Å². The van der Waals surface area contributed by atoms with E-state index in [1.54, 1.807) is 0 Å².